The molecule has 3 rings (SSSR count). The van der Waals surface area contributed by atoms with E-state index in [1.807, 2.05) is 24.9 Å². The summed E-state index contributed by atoms with van der Waals surface area (Å²) in [5.74, 6) is 1.72. The van der Waals surface area contributed by atoms with Gasteiger partial charge in [0, 0.05) is 31.6 Å². The fraction of sp³-hybridized carbons (Fsp3) is 0.650. The quantitative estimate of drug-likeness (QED) is 0.778. The summed E-state index contributed by atoms with van der Waals surface area (Å²) in [6.45, 7) is 14.2. The molecule has 0 aliphatic carbocycles. The van der Waals surface area contributed by atoms with Gasteiger partial charge in [0.15, 0.2) is 0 Å². The highest BCUT2D eigenvalue weighted by atomic mass is 35.5. The van der Waals surface area contributed by atoms with E-state index in [1.54, 1.807) is 4.68 Å². The van der Waals surface area contributed by atoms with E-state index in [0.29, 0.717) is 18.1 Å². The van der Waals surface area contributed by atoms with Crippen LogP contribution < -0.4 is 0 Å². The van der Waals surface area contributed by atoms with Crippen molar-refractivity contribution in [1.29, 1.82) is 0 Å². The molecule has 0 spiro atoms. The number of oxazole rings is 1. The number of rotatable bonds is 4. The second-order valence-electron chi connectivity index (χ2n) is 8.52. The minimum absolute atomic E-state index is 0.0425. The number of amides is 1. The zero-order chi connectivity index (χ0) is 20.5. The lowest BCUT2D eigenvalue weighted by Gasteiger charge is -2.21. The van der Waals surface area contributed by atoms with Crippen LogP contribution in [0.3, 0.4) is 0 Å². The van der Waals surface area contributed by atoms with Crippen molar-refractivity contribution in [3.63, 3.8) is 0 Å². The summed E-state index contributed by atoms with van der Waals surface area (Å²) >= 11 is 6.19. The molecule has 1 fully saturated rings. The molecule has 1 aliphatic rings. The van der Waals surface area contributed by atoms with Crippen LogP contribution in [0.2, 0.25) is 5.02 Å². The second kappa shape index (κ2) is 8.25. The van der Waals surface area contributed by atoms with Crippen molar-refractivity contribution in [2.75, 3.05) is 26.2 Å². The molecule has 8 heteroatoms. The molecule has 0 unspecified atom stereocenters. The lowest BCUT2D eigenvalue weighted by molar-refractivity contribution is -0.131. The smallest absolute Gasteiger partial charge is 0.244 e. The number of aryl methyl sites for hydroxylation is 1. The third-order valence-corrected chi connectivity index (χ3v) is 5.72. The number of aromatic nitrogens is 3. The molecule has 1 saturated heterocycles. The van der Waals surface area contributed by atoms with Crippen LogP contribution in [-0.2, 0) is 23.3 Å². The summed E-state index contributed by atoms with van der Waals surface area (Å²) in [5, 5.41) is 5.00. The molecular formula is C20H30ClN5O2. The number of carbonyl (C=O) groups excluding carboxylic acids is 1. The number of hydrogen-bond donors (Lipinski definition) is 0. The molecule has 0 bridgehead atoms. The Bertz CT molecular complexity index is 836. The molecule has 0 radical (unpaired) electrons. The van der Waals surface area contributed by atoms with Crippen LogP contribution in [0.5, 0.6) is 0 Å². The van der Waals surface area contributed by atoms with E-state index < -0.39 is 0 Å². The zero-order valence-electron chi connectivity index (χ0n) is 17.5. The molecule has 28 heavy (non-hydrogen) atoms. The zero-order valence-corrected chi connectivity index (χ0v) is 18.2. The molecule has 2 aromatic rings. The topological polar surface area (TPSA) is 67.4 Å². The first-order chi connectivity index (χ1) is 13.1. The Hall–Kier alpha value is -1.86. The Labute approximate surface area is 171 Å². The minimum Gasteiger partial charge on any atom is -0.444 e. The number of halogens is 1. The summed E-state index contributed by atoms with van der Waals surface area (Å²) in [6.07, 6.45) is 2.75. The second-order valence-corrected chi connectivity index (χ2v) is 8.90. The van der Waals surface area contributed by atoms with Crippen molar-refractivity contribution >= 4 is 17.5 Å². The average molecular weight is 408 g/mol. The van der Waals surface area contributed by atoms with Crippen molar-refractivity contribution in [2.45, 2.75) is 59.5 Å². The standard InChI is InChI=1S/C20H30ClN5O2/c1-14-19(21)15(2)26(23-14)13-18(27)25-8-6-7-24(9-10-25)12-17-22-11-16(28-17)20(3,4)5/h11H,6-10,12-13H2,1-5H3. The first-order valence-corrected chi connectivity index (χ1v) is 10.2. The molecule has 7 nitrogen and oxygen atoms in total. The largest absolute Gasteiger partial charge is 0.444 e. The molecule has 0 saturated carbocycles. The van der Waals surface area contributed by atoms with Gasteiger partial charge in [0.25, 0.3) is 0 Å². The molecule has 1 amide bonds. The molecular weight excluding hydrogens is 378 g/mol. The van der Waals surface area contributed by atoms with Crippen molar-refractivity contribution in [2.24, 2.45) is 0 Å². The van der Waals surface area contributed by atoms with Gasteiger partial charge in [-0.1, -0.05) is 32.4 Å². The predicted octanol–water partition coefficient (Wildman–Crippen LogP) is 3.17. The van der Waals surface area contributed by atoms with Gasteiger partial charge in [-0.3, -0.25) is 14.4 Å². The lowest BCUT2D eigenvalue weighted by atomic mass is 9.94. The number of nitrogens with zero attached hydrogens (tertiary/aromatic N) is 5. The van der Waals surface area contributed by atoms with Crippen LogP contribution in [0.25, 0.3) is 0 Å². The first-order valence-electron chi connectivity index (χ1n) is 9.80. The van der Waals surface area contributed by atoms with Crippen molar-refractivity contribution in [1.82, 2.24) is 24.6 Å². The lowest BCUT2D eigenvalue weighted by Crippen LogP contribution is -2.37. The van der Waals surface area contributed by atoms with Gasteiger partial charge in [0.2, 0.25) is 11.8 Å². The van der Waals surface area contributed by atoms with Gasteiger partial charge in [0.1, 0.15) is 12.3 Å². The fourth-order valence-electron chi connectivity index (χ4n) is 3.36. The normalized spacial score (nSPS) is 16.4. The van der Waals surface area contributed by atoms with Crippen LogP contribution in [0.1, 0.15) is 50.2 Å². The number of carbonyl (C=O) groups is 1. The van der Waals surface area contributed by atoms with Gasteiger partial charge < -0.3 is 9.32 Å². The van der Waals surface area contributed by atoms with Crippen molar-refractivity contribution in [3.8, 4) is 0 Å². The highest BCUT2D eigenvalue weighted by Gasteiger charge is 2.23. The van der Waals surface area contributed by atoms with E-state index >= 15 is 0 Å². The van der Waals surface area contributed by atoms with Crippen LogP contribution in [0.15, 0.2) is 10.6 Å². The molecule has 154 valence electrons. The van der Waals surface area contributed by atoms with Crippen LogP contribution in [0.4, 0.5) is 0 Å². The molecule has 0 N–H and O–H groups in total. The summed E-state index contributed by atoms with van der Waals surface area (Å²) in [6, 6.07) is 0. The molecule has 1 aliphatic heterocycles. The molecule has 2 aromatic heterocycles. The summed E-state index contributed by atoms with van der Waals surface area (Å²) in [5.41, 5.74) is 1.55. The monoisotopic (exact) mass is 407 g/mol. The van der Waals surface area contributed by atoms with E-state index in [9.17, 15) is 4.79 Å². The highest BCUT2D eigenvalue weighted by Crippen LogP contribution is 2.23. The van der Waals surface area contributed by atoms with Gasteiger partial charge in [-0.2, -0.15) is 5.10 Å². The third kappa shape index (κ3) is 4.75. The van der Waals surface area contributed by atoms with Gasteiger partial charge in [-0.15, -0.1) is 0 Å². The van der Waals surface area contributed by atoms with E-state index in [2.05, 4.69) is 35.8 Å². The maximum absolute atomic E-state index is 12.7. The van der Waals surface area contributed by atoms with E-state index in [1.165, 1.54) is 0 Å². The first kappa shape index (κ1) is 20.9. The van der Waals surface area contributed by atoms with Crippen LogP contribution >= 0.6 is 11.6 Å². The van der Waals surface area contributed by atoms with E-state index in [0.717, 1.165) is 49.1 Å². The summed E-state index contributed by atoms with van der Waals surface area (Å²) in [4.78, 5) is 21.4. The van der Waals surface area contributed by atoms with Gasteiger partial charge >= 0.3 is 0 Å². The number of hydrogen-bond acceptors (Lipinski definition) is 5. The average Bonchev–Trinajstić information content (AvgIpc) is 3.08. The Morgan fingerprint density at radius 3 is 2.57 bits per heavy atom. The van der Waals surface area contributed by atoms with Gasteiger partial charge in [0.05, 0.1) is 29.2 Å². The Morgan fingerprint density at radius 1 is 1.21 bits per heavy atom. The van der Waals surface area contributed by atoms with Crippen LogP contribution in [0, 0.1) is 13.8 Å². The SMILES string of the molecule is Cc1nn(CC(=O)N2CCCN(Cc3ncc(C(C)(C)C)o3)CC2)c(C)c1Cl. The van der Waals surface area contributed by atoms with Crippen molar-refractivity contribution < 1.29 is 9.21 Å². The van der Waals surface area contributed by atoms with Gasteiger partial charge in [-0.05, 0) is 20.3 Å². The fourth-order valence-corrected chi connectivity index (χ4v) is 3.49. The minimum atomic E-state index is -0.0425. The molecule has 0 atom stereocenters. The summed E-state index contributed by atoms with van der Waals surface area (Å²) < 4.78 is 7.61. The predicted molar refractivity (Wildman–Crippen MR) is 108 cm³/mol. The Kier molecular flexibility index (Phi) is 6.15. The Morgan fingerprint density at radius 2 is 1.96 bits per heavy atom. The van der Waals surface area contributed by atoms with E-state index in [4.69, 9.17) is 16.0 Å². The maximum Gasteiger partial charge on any atom is 0.244 e. The van der Waals surface area contributed by atoms with Crippen LogP contribution in [-0.4, -0.2) is 56.7 Å². The molecule has 3 heterocycles. The van der Waals surface area contributed by atoms with E-state index in [-0.39, 0.29) is 17.9 Å². The highest BCUT2D eigenvalue weighted by molar-refractivity contribution is 6.31. The molecule has 0 aromatic carbocycles. The third-order valence-electron chi connectivity index (χ3n) is 5.17. The maximum atomic E-state index is 12.7. The summed E-state index contributed by atoms with van der Waals surface area (Å²) in [7, 11) is 0. The Balaban J connectivity index is 1.56. The van der Waals surface area contributed by atoms with Gasteiger partial charge in [-0.25, -0.2) is 4.98 Å². The van der Waals surface area contributed by atoms with Crippen molar-refractivity contribution in [3.05, 3.63) is 34.3 Å².